The second-order valence-electron chi connectivity index (χ2n) is 4.68. The first kappa shape index (κ1) is 14.7. The Morgan fingerprint density at radius 2 is 1.94 bits per heavy atom. The lowest BCUT2D eigenvalue weighted by atomic mass is 10.0. The molecule has 1 unspecified atom stereocenters. The van der Waals surface area contributed by atoms with Crippen molar-refractivity contribution >= 4 is 12.1 Å². The van der Waals surface area contributed by atoms with Gasteiger partial charge < -0.3 is 20.9 Å². The summed E-state index contributed by atoms with van der Waals surface area (Å²) in [5.41, 5.74) is 4.70. The van der Waals surface area contributed by atoms with Crippen molar-refractivity contribution in [2.45, 2.75) is 39.3 Å². The first-order valence-corrected chi connectivity index (χ1v) is 5.09. The fraction of sp³-hybridized carbons (Fsp3) is 0.800. The van der Waals surface area contributed by atoms with Crippen molar-refractivity contribution < 1.29 is 19.4 Å². The third-order valence-corrected chi connectivity index (χ3v) is 1.88. The van der Waals surface area contributed by atoms with E-state index in [2.05, 4.69) is 5.32 Å². The van der Waals surface area contributed by atoms with Gasteiger partial charge in [-0.05, 0) is 33.2 Å². The van der Waals surface area contributed by atoms with E-state index in [9.17, 15) is 9.59 Å². The van der Waals surface area contributed by atoms with Gasteiger partial charge in [-0.15, -0.1) is 0 Å². The number of carbonyl (C=O) groups is 2. The van der Waals surface area contributed by atoms with Crippen molar-refractivity contribution in [2.24, 2.45) is 11.7 Å². The molecule has 1 amide bonds. The number of nitrogens with one attached hydrogen (secondary N) is 1. The topological polar surface area (TPSA) is 102 Å². The Labute approximate surface area is 95.1 Å². The van der Waals surface area contributed by atoms with Crippen LogP contribution in [-0.4, -0.2) is 35.4 Å². The van der Waals surface area contributed by atoms with E-state index in [0.29, 0.717) is 0 Å². The highest BCUT2D eigenvalue weighted by Gasteiger charge is 2.27. The SMILES string of the molecule is CC(CN)[C@H](NC(=O)OC(C)(C)C)C(=O)O. The largest absolute Gasteiger partial charge is 0.480 e. The second-order valence-corrected chi connectivity index (χ2v) is 4.68. The molecule has 0 bridgehead atoms. The average Bonchev–Trinajstić information content (AvgIpc) is 2.09. The van der Waals surface area contributed by atoms with E-state index in [-0.39, 0.29) is 12.5 Å². The minimum atomic E-state index is -1.12. The Kier molecular flexibility index (Phi) is 5.23. The molecule has 0 aliphatic carbocycles. The van der Waals surface area contributed by atoms with Crippen LogP contribution in [-0.2, 0) is 9.53 Å². The molecular formula is C10H20N2O4. The van der Waals surface area contributed by atoms with E-state index < -0.39 is 23.7 Å². The highest BCUT2D eigenvalue weighted by atomic mass is 16.6. The summed E-state index contributed by atoms with van der Waals surface area (Å²) in [6.07, 6.45) is -0.750. The van der Waals surface area contributed by atoms with Crippen LogP contribution >= 0.6 is 0 Å². The van der Waals surface area contributed by atoms with Crippen molar-refractivity contribution in [3.63, 3.8) is 0 Å². The van der Waals surface area contributed by atoms with Crippen LogP contribution in [0.15, 0.2) is 0 Å². The lowest BCUT2D eigenvalue weighted by molar-refractivity contribution is -0.140. The molecule has 6 heteroatoms. The fourth-order valence-corrected chi connectivity index (χ4v) is 1.02. The number of amides is 1. The fourth-order valence-electron chi connectivity index (χ4n) is 1.02. The molecule has 0 saturated carbocycles. The number of alkyl carbamates (subject to hydrolysis) is 1. The van der Waals surface area contributed by atoms with Crippen molar-refractivity contribution in [3.8, 4) is 0 Å². The van der Waals surface area contributed by atoms with Crippen LogP contribution in [0.2, 0.25) is 0 Å². The molecule has 0 heterocycles. The zero-order valence-corrected chi connectivity index (χ0v) is 10.1. The minimum Gasteiger partial charge on any atom is -0.480 e. The molecule has 0 radical (unpaired) electrons. The maximum atomic E-state index is 11.4. The van der Waals surface area contributed by atoms with E-state index in [4.69, 9.17) is 15.6 Å². The summed E-state index contributed by atoms with van der Waals surface area (Å²) in [6.45, 7) is 6.93. The molecule has 0 rings (SSSR count). The van der Waals surface area contributed by atoms with Crippen LogP contribution in [0, 0.1) is 5.92 Å². The van der Waals surface area contributed by atoms with Gasteiger partial charge in [0.1, 0.15) is 11.6 Å². The summed E-state index contributed by atoms with van der Waals surface area (Å²) >= 11 is 0. The van der Waals surface area contributed by atoms with E-state index in [0.717, 1.165) is 0 Å². The summed E-state index contributed by atoms with van der Waals surface area (Å²) < 4.78 is 4.96. The van der Waals surface area contributed by atoms with Crippen molar-refractivity contribution in [3.05, 3.63) is 0 Å². The predicted octanol–water partition coefficient (Wildman–Crippen LogP) is 0.559. The standard InChI is InChI=1S/C10H20N2O4/c1-6(5-11)7(8(13)14)12-9(15)16-10(2,3)4/h6-7H,5,11H2,1-4H3,(H,12,15)(H,13,14)/t6?,7-/m0/s1. The summed E-state index contributed by atoms with van der Waals surface area (Å²) in [4.78, 5) is 22.2. The number of carboxylic acid groups (broad SMARTS) is 1. The average molecular weight is 232 g/mol. The first-order chi connectivity index (χ1) is 7.17. The second kappa shape index (κ2) is 5.69. The van der Waals surface area contributed by atoms with Crippen molar-refractivity contribution in [1.82, 2.24) is 5.32 Å². The number of hydrogen-bond acceptors (Lipinski definition) is 4. The lowest BCUT2D eigenvalue weighted by Crippen LogP contribution is -2.48. The highest BCUT2D eigenvalue weighted by molar-refractivity contribution is 5.80. The predicted molar refractivity (Wildman–Crippen MR) is 59.0 cm³/mol. The molecule has 0 fully saturated rings. The number of rotatable bonds is 4. The summed E-state index contributed by atoms with van der Waals surface area (Å²) in [5.74, 6) is -1.48. The summed E-state index contributed by atoms with van der Waals surface area (Å²) in [7, 11) is 0. The molecule has 0 aromatic rings. The minimum absolute atomic E-state index is 0.173. The molecule has 0 aliphatic rings. The molecule has 94 valence electrons. The Hall–Kier alpha value is -1.30. The normalized spacial score (nSPS) is 15.1. The zero-order chi connectivity index (χ0) is 12.9. The van der Waals surface area contributed by atoms with Gasteiger partial charge in [0.15, 0.2) is 0 Å². The van der Waals surface area contributed by atoms with Gasteiger partial charge in [0, 0.05) is 0 Å². The molecule has 0 aliphatic heterocycles. The molecule has 0 aromatic heterocycles. The maximum Gasteiger partial charge on any atom is 0.408 e. The summed E-state index contributed by atoms with van der Waals surface area (Å²) in [6, 6.07) is -1.03. The Balaban J connectivity index is 4.42. The Morgan fingerprint density at radius 3 is 2.25 bits per heavy atom. The smallest absolute Gasteiger partial charge is 0.408 e. The lowest BCUT2D eigenvalue weighted by Gasteiger charge is -2.24. The third kappa shape index (κ3) is 5.55. The molecule has 0 spiro atoms. The van der Waals surface area contributed by atoms with Crippen LogP contribution < -0.4 is 11.1 Å². The van der Waals surface area contributed by atoms with Gasteiger partial charge in [0.2, 0.25) is 0 Å². The number of ether oxygens (including phenoxy) is 1. The quantitative estimate of drug-likeness (QED) is 0.657. The van der Waals surface area contributed by atoms with Gasteiger partial charge in [0.25, 0.3) is 0 Å². The molecular weight excluding hydrogens is 212 g/mol. The van der Waals surface area contributed by atoms with Gasteiger partial charge >= 0.3 is 12.1 Å². The molecule has 4 N–H and O–H groups in total. The van der Waals surface area contributed by atoms with Crippen molar-refractivity contribution in [1.29, 1.82) is 0 Å². The van der Waals surface area contributed by atoms with Crippen LogP contribution in [0.3, 0.4) is 0 Å². The van der Waals surface area contributed by atoms with Crippen molar-refractivity contribution in [2.75, 3.05) is 6.54 Å². The van der Waals surface area contributed by atoms with Gasteiger partial charge in [-0.25, -0.2) is 9.59 Å². The zero-order valence-electron chi connectivity index (χ0n) is 10.1. The van der Waals surface area contributed by atoms with Gasteiger partial charge in [-0.1, -0.05) is 6.92 Å². The molecule has 0 aromatic carbocycles. The van der Waals surface area contributed by atoms with Crippen LogP contribution in [0.4, 0.5) is 4.79 Å². The van der Waals surface area contributed by atoms with Crippen LogP contribution in [0.25, 0.3) is 0 Å². The van der Waals surface area contributed by atoms with Crippen LogP contribution in [0.1, 0.15) is 27.7 Å². The molecule has 6 nitrogen and oxygen atoms in total. The number of hydrogen-bond donors (Lipinski definition) is 3. The Morgan fingerprint density at radius 1 is 1.44 bits per heavy atom. The van der Waals surface area contributed by atoms with E-state index in [1.807, 2.05) is 0 Å². The summed E-state index contributed by atoms with van der Waals surface area (Å²) in [5, 5.41) is 11.2. The van der Waals surface area contributed by atoms with E-state index in [1.54, 1.807) is 27.7 Å². The van der Waals surface area contributed by atoms with Gasteiger partial charge in [0.05, 0.1) is 0 Å². The molecule has 16 heavy (non-hydrogen) atoms. The monoisotopic (exact) mass is 232 g/mol. The molecule has 0 saturated heterocycles. The highest BCUT2D eigenvalue weighted by Crippen LogP contribution is 2.08. The van der Waals surface area contributed by atoms with E-state index >= 15 is 0 Å². The number of nitrogens with two attached hydrogens (primary N) is 1. The maximum absolute atomic E-state index is 11.4. The number of carboxylic acids is 1. The van der Waals surface area contributed by atoms with E-state index in [1.165, 1.54) is 0 Å². The first-order valence-electron chi connectivity index (χ1n) is 5.09. The van der Waals surface area contributed by atoms with Gasteiger partial charge in [-0.3, -0.25) is 0 Å². The van der Waals surface area contributed by atoms with Gasteiger partial charge in [-0.2, -0.15) is 0 Å². The van der Waals surface area contributed by atoms with Crippen LogP contribution in [0.5, 0.6) is 0 Å². The third-order valence-electron chi connectivity index (χ3n) is 1.88. The number of aliphatic carboxylic acids is 1. The molecule has 2 atom stereocenters. The Bertz CT molecular complexity index is 260. The number of carbonyl (C=O) groups excluding carboxylic acids is 1.